The van der Waals surface area contributed by atoms with Crippen molar-refractivity contribution in [2.75, 3.05) is 0 Å². The molecule has 0 amide bonds. The summed E-state index contributed by atoms with van der Waals surface area (Å²) < 4.78 is 24.3. The first-order valence-corrected chi connectivity index (χ1v) is 8.69. The van der Waals surface area contributed by atoms with E-state index in [4.69, 9.17) is 9.47 Å². The Balaban J connectivity index is 1.49. The number of allylic oxidation sites excluding steroid dienone is 1. The van der Waals surface area contributed by atoms with Gasteiger partial charge in [0.2, 0.25) is 5.78 Å². The molecule has 144 valence electrons. The number of ether oxygens (including phenoxy) is 2. The van der Waals surface area contributed by atoms with Crippen molar-refractivity contribution in [2.24, 2.45) is 0 Å². The summed E-state index contributed by atoms with van der Waals surface area (Å²) in [6.07, 6.45) is 1.53. The predicted octanol–water partition coefficient (Wildman–Crippen LogP) is 4.93. The van der Waals surface area contributed by atoms with Gasteiger partial charge in [-0.25, -0.2) is 4.39 Å². The van der Waals surface area contributed by atoms with Crippen molar-refractivity contribution in [2.45, 2.75) is 6.61 Å². The quantitative estimate of drug-likeness (QED) is 0.350. The first-order valence-electron chi connectivity index (χ1n) is 8.69. The molecule has 0 aliphatic carbocycles. The lowest BCUT2D eigenvalue weighted by Crippen LogP contribution is -1.98. The number of ketones is 1. The van der Waals surface area contributed by atoms with Crippen LogP contribution < -0.4 is 9.47 Å². The average molecular weight is 391 g/mol. The number of Topliss-reactive ketones (excluding diaryl/α,β-unsaturated/α-hetero) is 1. The van der Waals surface area contributed by atoms with E-state index in [-0.39, 0.29) is 29.7 Å². The normalized spacial score (nSPS) is 13.8. The second-order valence-electron chi connectivity index (χ2n) is 6.36. The van der Waals surface area contributed by atoms with Gasteiger partial charge >= 0.3 is 0 Å². The van der Waals surface area contributed by atoms with Crippen LogP contribution >= 0.6 is 0 Å². The van der Waals surface area contributed by atoms with Crippen molar-refractivity contribution < 1.29 is 23.6 Å². The summed E-state index contributed by atoms with van der Waals surface area (Å²) >= 11 is 0. The molecule has 3 aromatic rings. The topological polar surface area (TPSA) is 78.7 Å². The van der Waals surface area contributed by atoms with Crippen LogP contribution in [0.25, 0.3) is 6.08 Å². The van der Waals surface area contributed by atoms with Crippen LogP contribution in [0.3, 0.4) is 0 Å². The van der Waals surface area contributed by atoms with Gasteiger partial charge in [-0.05, 0) is 53.6 Å². The molecule has 3 aromatic carbocycles. The first-order chi connectivity index (χ1) is 14.0. The third-order valence-corrected chi connectivity index (χ3v) is 4.36. The molecule has 0 N–H and O–H groups in total. The average Bonchev–Trinajstić information content (AvgIpc) is 3.03. The fraction of sp³-hybridized carbons (Fsp3) is 0.0455. The Labute approximate surface area is 165 Å². The number of hydrogen-bond donors (Lipinski definition) is 0. The molecule has 0 fully saturated rings. The maximum atomic E-state index is 13.0. The maximum Gasteiger partial charge on any atom is 0.269 e. The molecular weight excluding hydrogens is 377 g/mol. The number of non-ortho nitro benzene ring substituents is 1. The van der Waals surface area contributed by atoms with Crippen molar-refractivity contribution in [1.29, 1.82) is 0 Å². The van der Waals surface area contributed by atoms with E-state index < -0.39 is 4.92 Å². The fourth-order valence-corrected chi connectivity index (χ4v) is 2.85. The molecule has 0 saturated heterocycles. The lowest BCUT2D eigenvalue weighted by Gasteiger charge is -2.07. The van der Waals surface area contributed by atoms with Crippen LogP contribution in [0.1, 0.15) is 21.5 Å². The Morgan fingerprint density at radius 1 is 1.03 bits per heavy atom. The predicted molar refractivity (Wildman–Crippen MR) is 103 cm³/mol. The molecule has 0 atom stereocenters. The maximum absolute atomic E-state index is 13.0. The monoisotopic (exact) mass is 391 g/mol. The summed E-state index contributed by atoms with van der Waals surface area (Å²) in [5.41, 5.74) is 1.80. The Bertz CT molecular complexity index is 1120. The number of hydrogen-bond acceptors (Lipinski definition) is 5. The number of fused-ring (bicyclic) bond motifs is 1. The van der Waals surface area contributed by atoms with Crippen molar-refractivity contribution in [1.82, 2.24) is 0 Å². The van der Waals surface area contributed by atoms with Gasteiger partial charge in [0.05, 0.1) is 10.5 Å². The van der Waals surface area contributed by atoms with Crippen LogP contribution in [0.4, 0.5) is 10.1 Å². The highest BCUT2D eigenvalue weighted by atomic mass is 19.1. The Hall–Kier alpha value is -4.00. The molecule has 1 aliphatic heterocycles. The number of nitro benzene ring substituents is 1. The zero-order chi connectivity index (χ0) is 20.4. The summed E-state index contributed by atoms with van der Waals surface area (Å²) in [7, 11) is 0. The van der Waals surface area contributed by atoms with Crippen molar-refractivity contribution in [3.8, 4) is 11.5 Å². The molecule has 29 heavy (non-hydrogen) atoms. The lowest BCUT2D eigenvalue weighted by molar-refractivity contribution is -0.384. The smallest absolute Gasteiger partial charge is 0.269 e. The molecule has 0 saturated carbocycles. The van der Waals surface area contributed by atoms with Crippen molar-refractivity contribution >= 4 is 17.5 Å². The molecular formula is C22H14FNO5. The van der Waals surface area contributed by atoms with Crippen LogP contribution in [0.2, 0.25) is 0 Å². The number of nitro groups is 1. The number of nitrogens with zero attached hydrogens (tertiary/aromatic N) is 1. The zero-order valence-corrected chi connectivity index (χ0v) is 15.0. The summed E-state index contributed by atoms with van der Waals surface area (Å²) in [6.45, 7) is 0.249. The van der Waals surface area contributed by atoms with Crippen molar-refractivity contribution in [3.63, 3.8) is 0 Å². The van der Waals surface area contributed by atoms with Gasteiger partial charge in [-0.1, -0.05) is 12.1 Å². The number of benzene rings is 3. The van der Waals surface area contributed by atoms with E-state index in [0.29, 0.717) is 22.6 Å². The van der Waals surface area contributed by atoms with E-state index in [1.165, 1.54) is 30.3 Å². The molecule has 0 bridgehead atoms. The van der Waals surface area contributed by atoms with Gasteiger partial charge in [-0.15, -0.1) is 0 Å². The van der Waals surface area contributed by atoms with Crippen molar-refractivity contribution in [3.05, 3.63) is 105 Å². The zero-order valence-electron chi connectivity index (χ0n) is 15.0. The van der Waals surface area contributed by atoms with Gasteiger partial charge in [0.1, 0.15) is 23.9 Å². The van der Waals surface area contributed by atoms with Gasteiger partial charge in [0, 0.05) is 18.2 Å². The molecule has 0 radical (unpaired) electrons. The first kappa shape index (κ1) is 18.4. The number of halogens is 1. The van der Waals surface area contributed by atoms with Crippen LogP contribution in [0, 0.1) is 15.9 Å². The second kappa shape index (κ2) is 7.55. The molecule has 7 heteroatoms. The molecule has 6 nitrogen and oxygen atoms in total. The highest BCUT2D eigenvalue weighted by Crippen LogP contribution is 2.35. The van der Waals surface area contributed by atoms with Crippen LogP contribution in [-0.2, 0) is 6.61 Å². The summed E-state index contributed by atoms with van der Waals surface area (Å²) in [6, 6.07) is 16.7. The molecule has 1 heterocycles. The van der Waals surface area contributed by atoms with Gasteiger partial charge in [-0.3, -0.25) is 14.9 Å². The number of carbonyl (C=O) groups is 1. The molecule has 0 spiro atoms. The Morgan fingerprint density at radius 2 is 1.76 bits per heavy atom. The second-order valence-corrected chi connectivity index (χ2v) is 6.36. The van der Waals surface area contributed by atoms with Gasteiger partial charge in [0.25, 0.3) is 5.69 Å². The minimum atomic E-state index is -0.489. The standard InChI is InChI=1S/C22H14FNO5/c23-16-5-1-15(2-6-16)13-28-18-9-10-19-20(12-18)29-21(22(19)25)11-14-3-7-17(8-4-14)24(26)27/h1-12H,13H2. The highest BCUT2D eigenvalue weighted by Gasteiger charge is 2.27. The minimum absolute atomic E-state index is 0.0305. The minimum Gasteiger partial charge on any atom is -0.489 e. The number of carbonyl (C=O) groups excluding carboxylic acids is 1. The summed E-state index contributed by atoms with van der Waals surface area (Å²) in [4.78, 5) is 22.8. The van der Waals surface area contributed by atoms with Crippen LogP contribution in [0.15, 0.2) is 72.5 Å². The van der Waals surface area contributed by atoms with Gasteiger partial charge in [0.15, 0.2) is 5.76 Å². The Kier molecular flexibility index (Phi) is 4.78. The van der Waals surface area contributed by atoms with E-state index >= 15 is 0 Å². The molecule has 4 rings (SSSR count). The Morgan fingerprint density at radius 3 is 2.45 bits per heavy atom. The van der Waals surface area contributed by atoms with E-state index in [9.17, 15) is 19.3 Å². The van der Waals surface area contributed by atoms with E-state index in [1.807, 2.05) is 0 Å². The van der Waals surface area contributed by atoms with Crippen LogP contribution in [-0.4, -0.2) is 10.7 Å². The number of rotatable bonds is 5. The largest absolute Gasteiger partial charge is 0.489 e. The third-order valence-electron chi connectivity index (χ3n) is 4.36. The summed E-state index contributed by atoms with van der Waals surface area (Å²) in [5.74, 6) is 0.427. The van der Waals surface area contributed by atoms with Gasteiger partial charge < -0.3 is 9.47 Å². The highest BCUT2D eigenvalue weighted by molar-refractivity contribution is 6.14. The van der Waals surface area contributed by atoms with E-state index in [0.717, 1.165) is 5.56 Å². The summed E-state index contributed by atoms with van der Waals surface area (Å²) in [5, 5.41) is 10.7. The molecule has 0 aromatic heterocycles. The fourth-order valence-electron chi connectivity index (χ4n) is 2.85. The van der Waals surface area contributed by atoms with E-state index in [1.54, 1.807) is 42.5 Å². The van der Waals surface area contributed by atoms with E-state index in [2.05, 4.69) is 0 Å². The van der Waals surface area contributed by atoms with Gasteiger partial charge in [-0.2, -0.15) is 0 Å². The molecule has 1 aliphatic rings. The third kappa shape index (κ3) is 3.98. The SMILES string of the molecule is O=C1C(=Cc2ccc([N+](=O)[O-])cc2)Oc2cc(OCc3ccc(F)cc3)ccc21. The van der Waals surface area contributed by atoms with Crippen LogP contribution in [0.5, 0.6) is 11.5 Å². The lowest BCUT2D eigenvalue weighted by atomic mass is 10.1. The molecule has 0 unspecified atom stereocenters.